The number of nitrogens with zero attached hydrogens (tertiary/aromatic N) is 2. The van der Waals surface area contributed by atoms with Crippen LogP contribution < -0.4 is 10.1 Å². The van der Waals surface area contributed by atoms with Crippen LogP contribution >= 0.6 is 0 Å². The van der Waals surface area contributed by atoms with E-state index in [9.17, 15) is 18.0 Å². The molecule has 1 atom stereocenters. The van der Waals surface area contributed by atoms with Crippen LogP contribution in [0.4, 0.5) is 13.2 Å². The van der Waals surface area contributed by atoms with Crippen molar-refractivity contribution in [3.8, 4) is 16.9 Å². The van der Waals surface area contributed by atoms with E-state index in [1.807, 2.05) is 6.07 Å². The predicted octanol–water partition coefficient (Wildman–Crippen LogP) is 3.84. The minimum atomic E-state index is -4.46. The molecule has 1 aliphatic heterocycles. The summed E-state index contributed by atoms with van der Waals surface area (Å²) in [5.41, 5.74) is 1.01. The molecule has 29 heavy (non-hydrogen) atoms. The largest absolute Gasteiger partial charge is 0.487 e. The Labute approximate surface area is 165 Å². The summed E-state index contributed by atoms with van der Waals surface area (Å²) < 4.78 is 47.7. The highest BCUT2D eigenvalue weighted by molar-refractivity contribution is 5.92. The third-order valence-corrected chi connectivity index (χ3v) is 4.90. The summed E-state index contributed by atoms with van der Waals surface area (Å²) in [5.74, 6) is 0.149. The first-order chi connectivity index (χ1) is 13.8. The predicted molar refractivity (Wildman–Crippen MR) is 101 cm³/mol. The molecule has 0 saturated heterocycles. The molecule has 1 aromatic heterocycles. The van der Waals surface area contributed by atoms with E-state index < -0.39 is 11.7 Å². The van der Waals surface area contributed by atoms with Gasteiger partial charge in [-0.3, -0.25) is 9.48 Å². The van der Waals surface area contributed by atoms with E-state index in [4.69, 9.17) is 4.74 Å². The van der Waals surface area contributed by atoms with Crippen molar-refractivity contribution in [1.82, 2.24) is 15.1 Å². The van der Waals surface area contributed by atoms with Gasteiger partial charge in [-0.05, 0) is 23.3 Å². The minimum Gasteiger partial charge on any atom is -0.487 e. The van der Waals surface area contributed by atoms with Crippen LogP contribution in [-0.2, 0) is 19.6 Å². The van der Waals surface area contributed by atoms with Gasteiger partial charge in [-0.1, -0.05) is 36.4 Å². The Morgan fingerprint density at radius 1 is 1.17 bits per heavy atom. The minimum absolute atomic E-state index is 0.0800. The molecule has 1 N–H and O–H groups in total. The Kier molecular flexibility index (Phi) is 4.77. The second kappa shape index (κ2) is 7.27. The number of para-hydroxylation sites is 1. The third kappa shape index (κ3) is 3.70. The van der Waals surface area contributed by atoms with Gasteiger partial charge in [0.25, 0.3) is 5.91 Å². The molecule has 150 valence electrons. The van der Waals surface area contributed by atoms with E-state index >= 15 is 0 Å². The molecule has 0 radical (unpaired) electrons. The van der Waals surface area contributed by atoms with Gasteiger partial charge in [0.2, 0.25) is 0 Å². The van der Waals surface area contributed by atoms with Crippen molar-refractivity contribution in [3.63, 3.8) is 0 Å². The van der Waals surface area contributed by atoms with Crippen LogP contribution in [0.15, 0.2) is 54.7 Å². The molecule has 0 aliphatic carbocycles. The van der Waals surface area contributed by atoms with Gasteiger partial charge < -0.3 is 10.1 Å². The van der Waals surface area contributed by atoms with E-state index in [0.29, 0.717) is 23.4 Å². The molecule has 8 heteroatoms. The first kappa shape index (κ1) is 19.0. The number of hydrogen-bond donors (Lipinski definition) is 1. The van der Waals surface area contributed by atoms with Crippen LogP contribution in [0.5, 0.6) is 5.75 Å². The molecule has 0 saturated carbocycles. The third-order valence-electron chi connectivity index (χ3n) is 4.90. The van der Waals surface area contributed by atoms with E-state index in [-0.39, 0.29) is 24.1 Å². The maximum atomic E-state index is 13.4. The van der Waals surface area contributed by atoms with E-state index in [2.05, 4.69) is 10.4 Å². The van der Waals surface area contributed by atoms with Crippen LogP contribution in [0.3, 0.4) is 0 Å². The molecule has 2 aromatic carbocycles. The lowest BCUT2D eigenvalue weighted by Gasteiger charge is -2.16. The van der Waals surface area contributed by atoms with Crippen molar-refractivity contribution in [3.05, 3.63) is 71.5 Å². The molecule has 1 aliphatic rings. The molecular formula is C21H18F3N3O2. The number of carbonyl (C=O) groups is 1. The van der Waals surface area contributed by atoms with Crippen molar-refractivity contribution >= 4 is 5.91 Å². The van der Waals surface area contributed by atoms with Crippen molar-refractivity contribution in [2.75, 3.05) is 6.54 Å². The first-order valence-electron chi connectivity index (χ1n) is 9.06. The number of aryl methyl sites for hydroxylation is 1. The molecule has 0 spiro atoms. The molecule has 5 nitrogen and oxygen atoms in total. The topological polar surface area (TPSA) is 56.2 Å². The van der Waals surface area contributed by atoms with Gasteiger partial charge in [-0.2, -0.15) is 18.3 Å². The average molecular weight is 401 g/mol. The Hall–Kier alpha value is -3.29. The molecule has 1 amide bonds. The number of benzene rings is 2. The van der Waals surface area contributed by atoms with Crippen LogP contribution in [-0.4, -0.2) is 28.3 Å². The van der Waals surface area contributed by atoms with Gasteiger partial charge in [0.05, 0.1) is 12.1 Å². The van der Waals surface area contributed by atoms with E-state index in [1.54, 1.807) is 31.3 Å². The Morgan fingerprint density at radius 3 is 2.66 bits per heavy atom. The van der Waals surface area contributed by atoms with Gasteiger partial charge in [-0.25, -0.2) is 0 Å². The number of hydrogen-bond acceptors (Lipinski definition) is 3. The van der Waals surface area contributed by atoms with Crippen LogP contribution in [0.25, 0.3) is 11.1 Å². The standard InChI is InChI=1S/C21H18F3N3O2/c1-27-18(9-10-26-27)20(28)25-12-14-11-13-5-4-7-16(19(13)29-14)15-6-2-3-8-17(15)21(22,23)24/h2-10,14H,11-12H2,1H3,(H,25,28)/t14-/m1/s1. The Bertz CT molecular complexity index is 1060. The van der Waals surface area contributed by atoms with Crippen LogP contribution in [0, 0.1) is 0 Å². The summed E-state index contributed by atoms with van der Waals surface area (Å²) in [6, 6.07) is 12.2. The number of amides is 1. The molecular weight excluding hydrogens is 383 g/mol. The zero-order valence-corrected chi connectivity index (χ0v) is 15.5. The zero-order valence-electron chi connectivity index (χ0n) is 15.5. The zero-order chi connectivity index (χ0) is 20.6. The van der Waals surface area contributed by atoms with E-state index in [1.165, 1.54) is 23.0 Å². The lowest BCUT2D eigenvalue weighted by molar-refractivity contribution is -0.137. The Morgan fingerprint density at radius 2 is 1.93 bits per heavy atom. The number of aromatic nitrogens is 2. The number of halogens is 3. The molecule has 0 fully saturated rings. The fraction of sp³-hybridized carbons (Fsp3) is 0.238. The maximum absolute atomic E-state index is 13.4. The Balaban J connectivity index is 1.55. The molecule has 0 unspecified atom stereocenters. The summed E-state index contributed by atoms with van der Waals surface area (Å²) in [7, 11) is 1.67. The van der Waals surface area contributed by atoms with Gasteiger partial charge in [-0.15, -0.1) is 0 Å². The number of fused-ring (bicyclic) bond motifs is 1. The smallest absolute Gasteiger partial charge is 0.417 e. The molecule has 0 bridgehead atoms. The molecule has 2 heterocycles. The summed E-state index contributed by atoms with van der Waals surface area (Å²) >= 11 is 0. The second-order valence-corrected chi connectivity index (χ2v) is 6.83. The summed E-state index contributed by atoms with van der Waals surface area (Å²) in [6.07, 6.45) is -2.79. The van der Waals surface area contributed by atoms with Crippen LogP contribution in [0.1, 0.15) is 21.6 Å². The SMILES string of the molecule is Cn1nccc1C(=O)NC[C@H]1Cc2cccc(-c3ccccc3C(F)(F)F)c2O1. The second-order valence-electron chi connectivity index (χ2n) is 6.83. The quantitative estimate of drug-likeness (QED) is 0.723. The number of rotatable bonds is 4. The fourth-order valence-corrected chi connectivity index (χ4v) is 3.52. The van der Waals surface area contributed by atoms with Crippen molar-refractivity contribution in [1.29, 1.82) is 0 Å². The van der Waals surface area contributed by atoms with Gasteiger partial charge in [0.15, 0.2) is 0 Å². The van der Waals surface area contributed by atoms with E-state index in [0.717, 1.165) is 11.6 Å². The van der Waals surface area contributed by atoms with Gasteiger partial charge >= 0.3 is 6.18 Å². The van der Waals surface area contributed by atoms with Crippen LogP contribution in [0.2, 0.25) is 0 Å². The number of nitrogens with one attached hydrogen (secondary N) is 1. The maximum Gasteiger partial charge on any atom is 0.417 e. The van der Waals surface area contributed by atoms with Gasteiger partial charge in [0, 0.05) is 25.2 Å². The normalized spacial score (nSPS) is 15.7. The average Bonchev–Trinajstić information content (AvgIpc) is 3.31. The lowest BCUT2D eigenvalue weighted by Crippen LogP contribution is -2.35. The lowest BCUT2D eigenvalue weighted by atomic mass is 9.96. The molecule has 3 aromatic rings. The number of ether oxygens (including phenoxy) is 1. The van der Waals surface area contributed by atoms with Crippen molar-refractivity contribution in [2.45, 2.75) is 18.7 Å². The summed E-state index contributed by atoms with van der Waals surface area (Å²) in [6.45, 7) is 0.235. The van der Waals surface area contributed by atoms with Crippen molar-refractivity contribution in [2.24, 2.45) is 7.05 Å². The summed E-state index contributed by atoms with van der Waals surface area (Å²) in [4.78, 5) is 12.2. The first-order valence-corrected chi connectivity index (χ1v) is 9.06. The monoisotopic (exact) mass is 401 g/mol. The van der Waals surface area contributed by atoms with Gasteiger partial charge in [0.1, 0.15) is 17.5 Å². The highest BCUT2D eigenvalue weighted by Crippen LogP contribution is 2.43. The highest BCUT2D eigenvalue weighted by atomic mass is 19.4. The number of alkyl halides is 3. The van der Waals surface area contributed by atoms with Crippen molar-refractivity contribution < 1.29 is 22.7 Å². The number of carbonyl (C=O) groups excluding carboxylic acids is 1. The summed E-state index contributed by atoms with van der Waals surface area (Å²) in [5, 5.41) is 6.75. The fourth-order valence-electron chi connectivity index (χ4n) is 3.52. The highest BCUT2D eigenvalue weighted by Gasteiger charge is 2.35. The molecule has 4 rings (SSSR count).